The van der Waals surface area contributed by atoms with Gasteiger partial charge in [0.25, 0.3) is 0 Å². The van der Waals surface area contributed by atoms with Crippen molar-refractivity contribution in [1.82, 2.24) is 0 Å². The largest absolute Gasteiger partial charge is 0.380 e. The number of anilines is 1. The monoisotopic (exact) mass is 299 g/mol. The summed E-state index contributed by atoms with van der Waals surface area (Å²) < 4.78 is 39.0. The molecular weight excluding hydrogens is 283 g/mol. The van der Waals surface area contributed by atoms with Crippen LogP contribution in [0.25, 0.3) is 0 Å². The minimum absolute atomic E-state index is 0.0804. The molecule has 2 aromatic rings. The van der Waals surface area contributed by atoms with E-state index < -0.39 is 17.5 Å². The Balaban J connectivity index is 2.08. The van der Waals surface area contributed by atoms with E-state index in [1.165, 1.54) is 4.88 Å². The van der Waals surface area contributed by atoms with Crippen LogP contribution in [0, 0.1) is 17.5 Å². The van der Waals surface area contributed by atoms with Crippen LogP contribution in [0.4, 0.5) is 18.9 Å². The van der Waals surface area contributed by atoms with Gasteiger partial charge in [0, 0.05) is 34.1 Å². The highest BCUT2D eigenvalue weighted by molar-refractivity contribution is 7.12. The molecule has 0 saturated heterocycles. The molecule has 1 nitrogen and oxygen atoms in total. The zero-order valence-corrected chi connectivity index (χ0v) is 12.4. The Morgan fingerprint density at radius 3 is 2.15 bits per heavy atom. The van der Waals surface area contributed by atoms with Gasteiger partial charge in [-0.1, -0.05) is 20.8 Å². The van der Waals surface area contributed by atoms with E-state index in [4.69, 9.17) is 0 Å². The quantitative estimate of drug-likeness (QED) is 0.780. The molecule has 0 bridgehead atoms. The fraction of sp³-hybridized carbons (Fsp3) is 0.333. The zero-order valence-electron chi connectivity index (χ0n) is 11.6. The van der Waals surface area contributed by atoms with E-state index in [1.807, 2.05) is 12.1 Å². The van der Waals surface area contributed by atoms with Crippen LogP contribution in [0.2, 0.25) is 0 Å². The topological polar surface area (TPSA) is 12.0 Å². The van der Waals surface area contributed by atoms with Crippen molar-refractivity contribution < 1.29 is 13.2 Å². The van der Waals surface area contributed by atoms with E-state index in [2.05, 4.69) is 26.1 Å². The van der Waals surface area contributed by atoms with Crippen LogP contribution in [0.15, 0.2) is 24.3 Å². The lowest BCUT2D eigenvalue weighted by Gasteiger charge is -2.15. The predicted molar refractivity (Wildman–Crippen MR) is 76.7 cm³/mol. The molecule has 0 unspecified atom stereocenters. The molecule has 2 rings (SSSR count). The van der Waals surface area contributed by atoms with Crippen molar-refractivity contribution >= 4 is 17.0 Å². The summed E-state index contributed by atoms with van der Waals surface area (Å²) in [4.78, 5) is 2.30. The van der Waals surface area contributed by atoms with E-state index in [-0.39, 0.29) is 11.1 Å². The standard InChI is InChI=1S/C15H16F3NS/c1-15(2,3)13-5-4-10(20-13)8-19-9-6-11(16)14(18)12(17)7-9/h4-7,19H,8H2,1-3H3. The van der Waals surface area contributed by atoms with Gasteiger partial charge in [-0.25, -0.2) is 13.2 Å². The summed E-state index contributed by atoms with van der Waals surface area (Å²) in [6.07, 6.45) is 0. The van der Waals surface area contributed by atoms with Crippen LogP contribution in [-0.4, -0.2) is 0 Å². The molecule has 0 aliphatic heterocycles. The molecule has 0 saturated carbocycles. The first kappa shape index (κ1) is 14.9. The molecule has 0 atom stereocenters. The van der Waals surface area contributed by atoms with Crippen molar-refractivity contribution in [2.24, 2.45) is 0 Å². The van der Waals surface area contributed by atoms with Crippen molar-refractivity contribution in [3.8, 4) is 0 Å². The lowest BCUT2D eigenvalue weighted by Crippen LogP contribution is -2.07. The number of rotatable bonds is 3. The number of nitrogens with one attached hydrogen (secondary N) is 1. The Morgan fingerprint density at radius 2 is 1.65 bits per heavy atom. The molecule has 0 spiro atoms. The maximum atomic E-state index is 13.1. The third-order valence-electron chi connectivity index (χ3n) is 2.85. The van der Waals surface area contributed by atoms with E-state index in [9.17, 15) is 13.2 Å². The molecule has 108 valence electrons. The average Bonchev–Trinajstić information content (AvgIpc) is 2.82. The molecule has 1 heterocycles. The second kappa shape index (κ2) is 5.48. The summed E-state index contributed by atoms with van der Waals surface area (Å²) in [5.74, 6) is -3.81. The first-order valence-electron chi connectivity index (χ1n) is 6.25. The summed E-state index contributed by atoms with van der Waals surface area (Å²) in [6.45, 7) is 6.83. The zero-order chi connectivity index (χ0) is 14.9. The van der Waals surface area contributed by atoms with E-state index in [0.29, 0.717) is 6.54 Å². The SMILES string of the molecule is CC(C)(C)c1ccc(CNc2cc(F)c(F)c(F)c2)s1. The highest BCUT2D eigenvalue weighted by Crippen LogP contribution is 2.30. The average molecular weight is 299 g/mol. The Kier molecular flexibility index (Phi) is 4.09. The highest BCUT2D eigenvalue weighted by atomic mass is 32.1. The summed E-state index contributed by atoms with van der Waals surface area (Å²) in [5, 5.41) is 2.90. The lowest BCUT2D eigenvalue weighted by molar-refractivity contribution is 0.447. The number of hydrogen-bond donors (Lipinski definition) is 1. The summed E-state index contributed by atoms with van der Waals surface area (Å²) in [7, 11) is 0. The molecule has 5 heteroatoms. The molecule has 0 amide bonds. The first-order valence-corrected chi connectivity index (χ1v) is 7.06. The number of thiophene rings is 1. The maximum Gasteiger partial charge on any atom is 0.194 e. The third-order valence-corrected chi connectivity index (χ3v) is 4.36. The van der Waals surface area contributed by atoms with Gasteiger partial charge in [-0.3, -0.25) is 0 Å². The Hall–Kier alpha value is -1.49. The fourth-order valence-electron chi connectivity index (χ4n) is 1.72. The van der Waals surface area contributed by atoms with Gasteiger partial charge >= 0.3 is 0 Å². The van der Waals surface area contributed by atoms with E-state index in [1.54, 1.807) is 11.3 Å². The van der Waals surface area contributed by atoms with Gasteiger partial charge in [0.15, 0.2) is 17.5 Å². The van der Waals surface area contributed by atoms with Crippen LogP contribution < -0.4 is 5.32 Å². The molecule has 20 heavy (non-hydrogen) atoms. The van der Waals surface area contributed by atoms with Gasteiger partial charge in [0.2, 0.25) is 0 Å². The van der Waals surface area contributed by atoms with Crippen molar-refractivity contribution in [3.63, 3.8) is 0 Å². The molecule has 0 aliphatic carbocycles. The van der Waals surface area contributed by atoms with E-state index in [0.717, 1.165) is 17.0 Å². The fourth-order valence-corrected chi connectivity index (χ4v) is 2.73. The van der Waals surface area contributed by atoms with Crippen LogP contribution in [-0.2, 0) is 12.0 Å². The Bertz CT molecular complexity index is 591. The molecular formula is C15H16F3NS. The molecule has 0 fully saturated rings. The minimum atomic E-state index is -1.44. The van der Waals surface area contributed by atoms with Crippen LogP contribution in [0.5, 0.6) is 0 Å². The van der Waals surface area contributed by atoms with Gasteiger partial charge in [0.1, 0.15) is 0 Å². The van der Waals surface area contributed by atoms with Crippen LogP contribution in [0.1, 0.15) is 30.5 Å². The van der Waals surface area contributed by atoms with Gasteiger partial charge in [-0.05, 0) is 17.5 Å². The lowest BCUT2D eigenvalue weighted by atomic mass is 9.95. The van der Waals surface area contributed by atoms with Gasteiger partial charge in [0.05, 0.1) is 0 Å². The Labute approximate surface area is 120 Å². The summed E-state index contributed by atoms with van der Waals surface area (Å²) in [5.41, 5.74) is 0.309. The Morgan fingerprint density at radius 1 is 1.05 bits per heavy atom. The van der Waals surface area contributed by atoms with E-state index >= 15 is 0 Å². The second-order valence-corrected chi connectivity index (χ2v) is 6.79. The number of hydrogen-bond acceptors (Lipinski definition) is 2. The first-order chi connectivity index (χ1) is 9.27. The third kappa shape index (κ3) is 3.33. The molecule has 1 N–H and O–H groups in total. The molecule has 1 aromatic carbocycles. The number of halogens is 3. The molecule has 1 aromatic heterocycles. The van der Waals surface area contributed by atoms with Crippen LogP contribution >= 0.6 is 11.3 Å². The van der Waals surface area contributed by atoms with Crippen molar-refractivity contribution in [3.05, 3.63) is 51.5 Å². The smallest absolute Gasteiger partial charge is 0.194 e. The predicted octanol–water partition coefficient (Wildman–Crippen LogP) is 5.08. The minimum Gasteiger partial charge on any atom is -0.380 e. The highest BCUT2D eigenvalue weighted by Gasteiger charge is 2.16. The van der Waals surface area contributed by atoms with Gasteiger partial charge in [-0.2, -0.15) is 0 Å². The van der Waals surface area contributed by atoms with Crippen LogP contribution in [0.3, 0.4) is 0 Å². The van der Waals surface area contributed by atoms with Gasteiger partial charge < -0.3 is 5.32 Å². The second-order valence-electron chi connectivity index (χ2n) is 5.62. The van der Waals surface area contributed by atoms with Crippen molar-refractivity contribution in [2.45, 2.75) is 32.7 Å². The van der Waals surface area contributed by atoms with Crippen molar-refractivity contribution in [1.29, 1.82) is 0 Å². The number of benzene rings is 1. The molecule has 0 aliphatic rings. The normalized spacial score (nSPS) is 11.7. The molecule has 0 radical (unpaired) electrons. The summed E-state index contributed by atoms with van der Waals surface area (Å²) >= 11 is 1.65. The summed E-state index contributed by atoms with van der Waals surface area (Å²) in [6, 6.07) is 5.94. The van der Waals surface area contributed by atoms with Crippen molar-refractivity contribution in [2.75, 3.05) is 5.32 Å². The van der Waals surface area contributed by atoms with Gasteiger partial charge in [-0.15, -0.1) is 11.3 Å². The maximum absolute atomic E-state index is 13.1.